The monoisotopic (exact) mass is 271 g/mol. The van der Waals surface area contributed by atoms with Gasteiger partial charge in [-0.2, -0.15) is 0 Å². The Morgan fingerprint density at radius 1 is 1.42 bits per heavy atom. The minimum absolute atomic E-state index is 0.0692. The molecule has 0 aromatic heterocycles. The predicted octanol–water partition coefficient (Wildman–Crippen LogP) is 1.65. The van der Waals surface area contributed by atoms with E-state index in [1.807, 2.05) is 20.8 Å². The number of esters is 1. The second kappa shape index (κ2) is 6.89. The van der Waals surface area contributed by atoms with Crippen LogP contribution in [0.3, 0.4) is 0 Å². The summed E-state index contributed by atoms with van der Waals surface area (Å²) in [6, 6.07) is 0.0692. The van der Waals surface area contributed by atoms with Gasteiger partial charge in [0.05, 0.1) is 12.2 Å². The lowest BCUT2D eigenvalue weighted by Gasteiger charge is -2.36. The third-order valence-corrected chi connectivity index (χ3v) is 3.34. The maximum atomic E-state index is 12.1. The van der Waals surface area contributed by atoms with E-state index < -0.39 is 11.9 Å². The predicted molar refractivity (Wildman–Crippen MR) is 71.6 cm³/mol. The van der Waals surface area contributed by atoms with Crippen molar-refractivity contribution >= 4 is 11.9 Å². The summed E-state index contributed by atoms with van der Waals surface area (Å²) in [6.07, 6.45) is 2.00. The van der Waals surface area contributed by atoms with Gasteiger partial charge in [0.15, 0.2) is 0 Å². The summed E-state index contributed by atoms with van der Waals surface area (Å²) in [5.41, 5.74) is -0.220. The van der Waals surface area contributed by atoms with Crippen LogP contribution in [-0.2, 0) is 19.1 Å². The van der Waals surface area contributed by atoms with Crippen molar-refractivity contribution in [2.45, 2.75) is 58.6 Å². The van der Waals surface area contributed by atoms with Gasteiger partial charge in [-0.05, 0) is 40.0 Å². The minimum Gasteiger partial charge on any atom is -0.465 e. The fraction of sp³-hybridized carbons (Fsp3) is 0.857. The number of ether oxygens (including phenoxy) is 2. The van der Waals surface area contributed by atoms with E-state index in [0.717, 1.165) is 12.8 Å². The fourth-order valence-corrected chi connectivity index (χ4v) is 2.36. The third-order valence-electron chi connectivity index (χ3n) is 3.34. The standard InChI is InChI=1S/C14H25NO4/c1-5-11(13(17)18-6-2)12(16)15-10-7-8-19-14(3,4)9-10/h10-11H,5-9H2,1-4H3,(H,15,16)/t10-,11-/m1/s1. The van der Waals surface area contributed by atoms with Crippen LogP contribution in [0.2, 0.25) is 0 Å². The topological polar surface area (TPSA) is 64.6 Å². The van der Waals surface area contributed by atoms with Crippen molar-refractivity contribution in [3.05, 3.63) is 0 Å². The van der Waals surface area contributed by atoms with E-state index in [1.54, 1.807) is 6.92 Å². The molecule has 0 aromatic rings. The first kappa shape index (κ1) is 16.0. The molecule has 1 heterocycles. The molecule has 5 heteroatoms. The molecule has 0 bridgehead atoms. The van der Waals surface area contributed by atoms with Crippen LogP contribution in [0.5, 0.6) is 0 Å². The van der Waals surface area contributed by atoms with Crippen LogP contribution >= 0.6 is 0 Å². The quantitative estimate of drug-likeness (QED) is 0.610. The smallest absolute Gasteiger partial charge is 0.318 e. The molecular weight excluding hydrogens is 246 g/mol. The molecule has 19 heavy (non-hydrogen) atoms. The van der Waals surface area contributed by atoms with Gasteiger partial charge in [-0.3, -0.25) is 9.59 Å². The van der Waals surface area contributed by atoms with Crippen LogP contribution in [0.4, 0.5) is 0 Å². The van der Waals surface area contributed by atoms with Gasteiger partial charge in [-0.25, -0.2) is 0 Å². The molecule has 1 aliphatic heterocycles. The zero-order valence-corrected chi connectivity index (χ0v) is 12.3. The fourth-order valence-electron chi connectivity index (χ4n) is 2.36. The zero-order chi connectivity index (χ0) is 14.5. The highest BCUT2D eigenvalue weighted by molar-refractivity contribution is 5.97. The minimum atomic E-state index is -0.703. The first-order chi connectivity index (χ1) is 8.89. The van der Waals surface area contributed by atoms with Crippen LogP contribution in [0.15, 0.2) is 0 Å². The summed E-state index contributed by atoms with van der Waals surface area (Å²) in [6.45, 7) is 8.50. The first-order valence-corrected chi connectivity index (χ1v) is 7.00. The Labute approximate surface area is 115 Å². The summed E-state index contributed by atoms with van der Waals surface area (Å²) < 4.78 is 10.5. The zero-order valence-electron chi connectivity index (χ0n) is 12.3. The second-order valence-corrected chi connectivity index (χ2v) is 5.52. The van der Waals surface area contributed by atoms with E-state index in [4.69, 9.17) is 9.47 Å². The Balaban J connectivity index is 2.55. The summed E-state index contributed by atoms with van der Waals surface area (Å²) in [5, 5.41) is 2.95. The van der Waals surface area contributed by atoms with Crippen LogP contribution in [0.1, 0.15) is 47.0 Å². The largest absolute Gasteiger partial charge is 0.465 e. The van der Waals surface area contributed by atoms with Gasteiger partial charge in [0, 0.05) is 12.6 Å². The van der Waals surface area contributed by atoms with Gasteiger partial charge in [0.1, 0.15) is 5.92 Å². The molecule has 1 rings (SSSR count). The molecule has 110 valence electrons. The Bertz CT molecular complexity index is 327. The average Bonchev–Trinajstić information content (AvgIpc) is 2.28. The molecule has 0 unspecified atom stereocenters. The van der Waals surface area contributed by atoms with Crippen molar-refractivity contribution in [2.75, 3.05) is 13.2 Å². The van der Waals surface area contributed by atoms with Gasteiger partial charge in [-0.1, -0.05) is 6.92 Å². The van der Waals surface area contributed by atoms with Crippen molar-refractivity contribution in [1.29, 1.82) is 0 Å². The van der Waals surface area contributed by atoms with Crippen molar-refractivity contribution < 1.29 is 19.1 Å². The lowest BCUT2D eigenvalue weighted by molar-refractivity contribution is -0.152. The van der Waals surface area contributed by atoms with Gasteiger partial charge in [-0.15, -0.1) is 0 Å². The van der Waals surface area contributed by atoms with Crippen LogP contribution in [-0.4, -0.2) is 36.7 Å². The van der Waals surface area contributed by atoms with Crippen LogP contribution in [0.25, 0.3) is 0 Å². The van der Waals surface area contributed by atoms with Gasteiger partial charge >= 0.3 is 5.97 Å². The first-order valence-electron chi connectivity index (χ1n) is 7.00. The molecule has 1 aliphatic rings. The van der Waals surface area contributed by atoms with Crippen molar-refractivity contribution in [2.24, 2.45) is 5.92 Å². The highest BCUT2D eigenvalue weighted by atomic mass is 16.5. The van der Waals surface area contributed by atoms with Crippen molar-refractivity contribution in [3.8, 4) is 0 Å². The molecule has 0 spiro atoms. The highest BCUT2D eigenvalue weighted by Gasteiger charge is 2.33. The van der Waals surface area contributed by atoms with Crippen molar-refractivity contribution in [1.82, 2.24) is 5.32 Å². The normalized spacial score (nSPS) is 23.5. The Kier molecular flexibility index (Phi) is 5.79. The second-order valence-electron chi connectivity index (χ2n) is 5.52. The van der Waals surface area contributed by atoms with E-state index in [-0.39, 0.29) is 17.6 Å². The van der Waals surface area contributed by atoms with E-state index in [2.05, 4.69) is 5.32 Å². The molecule has 0 radical (unpaired) electrons. The number of amides is 1. The number of rotatable bonds is 5. The summed E-state index contributed by atoms with van der Waals surface area (Å²) in [5.74, 6) is -1.37. The number of hydrogen-bond donors (Lipinski definition) is 1. The maximum absolute atomic E-state index is 12.1. The molecule has 0 aliphatic carbocycles. The maximum Gasteiger partial charge on any atom is 0.318 e. The molecule has 0 saturated carbocycles. The average molecular weight is 271 g/mol. The summed E-state index contributed by atoms with van der Waals surface area (Å²) in [7, 11) is 0. The Morgan fingerprint density at radius 2 is 2.11 bits per heavy atom. The molecule has 1 N–H and O–H groups in total. The molecule has 1 amide bonds. The molecule has 1 fully saturated rings. The van der Waals surface area contributed by atoms with Crippen LogP contribution < -0.4 is 5.32 Å². The van der Waals surface area contributed by atoms with Crippen LogP contribution in [0, 0.1) is 5.92 Å². The molecule has 0 aromatic carbocycles. The molecule has 5 nitrogen and oxygen atoms in total. The summed E-state index contributed by atoms with van der Waals surface area (Å²) in [4.78, 5) is 23.8. The third kappa shape index (κ3) is 4.82. The number of carbonyl (C=O) groups is 2. The SMILES string of the molecule is CCOC(=O)[C@H](CC)C(=O)N[C@@H]1CCOC(C)(C)C1. The molecular formula is C14H25NO4. The lowest BCUT2D eigenvalue weighted by Crippen LogP contribution is -2.48. The lowest BCUT2D eigenvalue weighted by atomic mass is 9.93. The number of hydrogen-bond acceptors (Lipinski definition) is 4. The van der Waals surface area contributed by atoms with Gasteiger partial charge in [0.25, 0.3) is 0 Å². The number of carbonyl (C=O) groups excluding carboxylic acids is 2. The highest BCUT2D eigenvalue weighted by Crippen LogP contribution is 2.24. The van der Waals surface area contributed by atoms with Crippen molar-refractivity contribution in [3.63, 3.8) is 0 Å². The van der Waals surface area contributed by atoms with E-state index in [0.29, 0.717) is 19.6 Å². The Hall–Kier alpha value is -1.10. The Morgan fingerprint density at radius 3 is 2.63 bits per heavy atom. The van der Waals surface area contributed by atoms with E-state index >= 15 is 0 Å². The molecule has 2 atom stereocenters. The number of nitrogens with one attached hydrogen (secondary N) is 1. The van der Waals surface area contributed by atoms with Gasteiger partial charge in [0.2, 0.25) is 5.91 Å². The van der Waals surface area contributed by atoms with Gasteiger partial charge < -0.3 is 14.8 Å². The van der Waals surface area contributed by atoms with E-state index in [1.165, 1.54) is 0 Å². The van der Waals surface area contributed by atoms with E-state index in [9.17, 15) is 9.59 Å². The molecule has 1 saturated heterocycles. The summed E-state index contributed by atoms with van der Waals surface area (Å²) >= 11 is 0.